The monoisotopic (exact) mass is 1190 g/mol. The highest BCUT2D eigenvalue weighted by atomic mass is 79.9. The summed E-state index contributed by atoms with van der Waals surface area (Å²) in [7, 11) is 6.12. The van der Waals surface area contributed by atoms with Gasteiger partial charge in [0.2, 0.25) is 41.4 Å². The molecule has 81 heavy (non-hydrogen) atoms. The Balaban J connectivity index is 1.21. The molecule has 1 fully saturated rings. The number of ether oxygens (including phenoxy) is 3. The molecular weight excluding hydrogens is 1110 g/mol. The summed E-state index contributed by atoms with van der Waals surface area (Å²) in [6.45, 7) is 11.1. The number of hydrogen-bond acceptors (Lipinski definition) is 13. The Kier molecular flexibility index (Phi) is 27.4. The summed E-state index contributed by atoms with van der Waals surface area (Å²) in [5, 5.41) is 13.5. The fourth-order valence-electron chi connectivity index (χ4n) is 10.1. The first-order chi connectivity index (χ1) is 38.5. The van der Waals surface area contributed by atoms with E-state index >= 15 is 0 Å². The third kappa shape index (κ3) is 20.0. The molecule has 0 bridgehead atoms. The summed E-state index contributed by atoms with van der Waals surface area (Å²) >= 11 is 3.05. The molecule has 1 saturated heterocycles. The lowest BCUT2D eigenvalue weighted by molar-refractivity contribution is -0.145. The van der Waals surface area contributed by atoms with Crippen molar-refractivity contribution in [3.63, 3.8) is 0 Å². The standard InChI is InChI=1S/C58H84BrN9O13/c1-11-37(4)52(45(79-9)32-49(72)67-30-18-21-44(67)53(80-10)38(5)54(74)60-28-27-40-19-14-12-15-20-40)65(7)50(73)34-62-56(76)51(36(2)3)66(8)58(78)81-35-41-23-25-42(26-24-41)64-55(75)39(6)63-47(70)33-61-46(69)22-16-13-17-29-68-48(71)31-43(59)57(68)77/h12,14-15,19-20,23-26,31,36-39,44-45,51-53H,11,13,16-18,21-22,27-30,32-35H2,1-10H3,(H,60,74)(H,61,69)(H,62,76)(H,63,70)(H,64,75)/t37-,38?,39?,44?,45?,51?,52?,53?/m1/s1. The van der Waals surface area contributed by atoms with E-state index in [9.17, 15) is 47.9 Å². The van der Waals surface area contributed by atoms with Gasteiger partial charge in [0.1, 0.15) is 18.7 Å². The number of hydrogen-bond donors (Lipinski definition) is 5. The second kappa shape index (κ2) is 33.3. The van der Waals surface area contributed by atoms with Crippen LogP contribution in [0.25, 0.3) is 0 Å². The number of methoxy groups -OCH3 is 2. The van der Waals surface area contributed by atoms with Gasteiger partial charge in [-0.2, -0.15) is 0 Å². The van der Waals surface area contributed by atoms with E-state index in [4.69, 9.17) is 14.2 Å². The van der Waals surface area contributed by atoms with E-state index in [1.54, 1.807) is 57.2 Å². The minimum atomic E-state index is -1.01. The molecule has 2 aromatic carbocycles. The number of carbonyl (C=O) groups is 10. The number of rotatable bonds is 32. The second-order valence-electron chi connectivity index (χ2n) is 21.1. The molecule has 2 aliphatic heterocycles. The van der Waals surface area contributed by atoms with E-state index < -0.39 is 72.5 Å². The molecule has 0 saturated carbocycles. The summed E-state index contributed by atoms with van der Waals surface area (Å²) in [6.07, 6.45) is 3.63. The predicted octanol–water partition coefficient (Wildman–Crippen LogP) is 4.44. The van der Waals surface area contributed by atoms with E-state index in [0.717, 1.165) is 16.9 Å². The topological polar surface area (TPSA) is 272 Å². The summed E-state index contributed by atoms with van der Waals surface area (Å²) < 4.78 is 17.7. The van der Waals surface area contributed by atoms with Crippen molar-refractivity contribution in [3.05, 3.63) is 76.3 Å². The van der Waals surface area contributed by atoms with Crippen LogP contribution in [-0.4, -0.2) is 176 Å². The number of likely N-dealkylation sites (tertiary alicyclic amines) is 1. The molecule has 0 radical (unpaired) electrons. The number of unbranched alkanes of at least 4 members (excludes halogenated alkanes) is 2. The van der Waals surface area contributed by atoms with Crippen molar-refractivity contribution < 1.29 is 62.2 Å². The SMILES string of the molecule is CC[C@@H](C)C(C(CC(=O)N1CCCC1C(OC)C(C)C(=O)NCCc1ccccc1)OC)N(C)C(=O)CNC(=O)C(C(C)C)N(C)C(=O)OCc1ccc(NC(=O)C(C)NC(=O)CNC(=O)CCCCCN2C(=O)C=C(Br)C2=O)cc1. The largest absolute Gasteiger partial charge is 0.445 e. The molecule has 4 rings (SSSR count). The Morgan fingerprint density at radius 1 is 0.778 bits per heavy atom. The molecule has 0 spiro atoms. The Morgan fingerprint density at radius 2 is 1.47 bits per heavy atom. The van der Waals surface area contributed by atoms with E-state index in [1.165, 1.54) is 37.0 Å². The van der Waals surface area contributed by atoms with Crippen LogP contribution in [0.3, 0.4) is 0 Å². The summed E-state index contributed by atoms with van der Waals surface area (Å²) in [5.74, 6) is -4.59. The number of nitrogens with one attached hydrogen (secondary N) is 5. The van der Waals surface area contributed by atoms with Crippen molar-refractivity contribution in [2.24, 2.45) is 17.8 Å². The maximum atomic E-state index is 14.2. The number of halogens is 1. The Morgan fingerprint density at radius 3 is 2.09 bits per heavy atom. The minimum absolute atomic E-state index is 0.0334. The third-order valence-electron chi connectivity index (χ3n) is 14.9. The number of amides is 10. The van der Waals surface area contributed by atoms with Crippen molar-refractivity contribution >= 4 is 80.9 Å². The highest BCUT2D eigenvalue weighted by Gasteiger charge is 2.42. The first kappa shape index (κ1) is 66.8. The van der Waals surface area contributed by atoms with Gasteiger partial charge in [0.05, 0.1) is 54.2 Å². The maximum Gasteiger partial charge on any atom is 0.410 e. The fourth-order valence-corrected chi connectivity index (χ4v) is 10.5. The minimum Gasteiger partial charge on any atom is -0.445 e. The van der Waals surface area contributed by atoms with Gasteiger partial charge >= 0.3 is 6.09 Å². The van der Waals surface area contributed by atoms with E-state index in [1.807, 2.05) is 51.1 Å². The molecule has 8 atom stereocenters. The number of carbonyl (C=O) groups excluding carboxylic acids is 10. The van der Waals surface area contributed by atoms with Crippen LogP contribution < -0.4 is 26.6 Å². The molecular formula is C58H84BrN9O13. The van der Waals surface area contributed by atoms with Crippen molar-refractivity contribution in [1.82, 2.24) is 40.9 Å². The summed E-state index contributed by atoms with van der Waals surface area (Å²) in [6, 6.07) is 13.5. The Bertz CT molecular complexity index is 2520. The van der Waals surface area contributed by atoms with Gasteiger partial charge in [0.15, 0.2) is 0 Å². The smallest absolute Gasteiger partial charge is 0.410 e. The van der Waals surface area contributed by atoms with Crippen molar-refractivity contribution in [2.75, 3.05) is 66.4 Å². The van der Waals surface area contributed by atoms with Crippen LogP contribution in [0, 0.1) is 17.8 Å². The molecule has 23 heteroatoms. The summed E-state index contributed by atoms with van der Waals surface area (Å²) in [5.41, 5.74) is 2.09. The van der Waals surface area contributed by atoms with Gasteiger partial charge in [-0.15, -0.1) is 0 Å². The third-order valence-corrected chi connectivity index (χ3v) is 15.5. The zero-order valence-corrected chi connectivity index (χ0v) is 50.1. The Hall–Kier alpha value is -6.72. The van der Waals surface area contributed by atoms with Crippen LogP contribution in [-0.2, 0) is 70.4 Å². The van der Waals surface area contributed by atoms with Crippen LogP contribution in [0.2, 0.25) is 0 Å². The van der Waals surface area contributed by atoms with E-state index in [0.29, 0.717) is 62.9 Å². The van der Waals surface area contributed by atoms with Crippen LogP contribution in [0.15, 0.2) is 65.2 Å². The number of likely N-dealkylation sites (N-methyl/N-ethyl adjacent to an activating group) is 2. The molecule has 7 unspecified atom stereocenters. The number of imide groups is 1. The van der Waals surface area contributed by atoms with Gasteiger partial charge in [-0.1, -0.05) is 89.9 Å². The van der Waals surface area contributed by atoms with Crippen molar-refractivity contribution in [1.29, 1.82) is 0 Å². The predicted molar refractivity (Wildman–Crippen MR) is 307 cm³/mol. The van der Waals surface area contributed by atoms with Crippen LogP contribution in [0.5, 0.6) is 0 Å². The average molecular weight is 1200 g/mol. The lowest BCUT2D eigenvalue weighted by Crippen LogP contribution is -2.55. The maximum absolute atomic E-state index is 14.2. The number of anilines is 1. The first-order valence-corrected chi connectivity index (χ1v) is 28.6. The second-order valence-corrected chi connectivity index (χ2v) is 21.9. The van der Waals surface area contributed by atoms with Gasteiger partial charge in [0, 0.05) is 66.1 Å². The lowest BCUT2D eigenvalue weighted by Gasteiger charge is -2.39. The van der Waals surface area contributed by atoms with Crippen molar-refractivity contribution in [3.8, 4) is 0 Å². The highest BCUT2D eigenvalue weighted by molar-refractivity contribution is 9.12. The molecule has 10 amide bonds. The molecule has 2 heterocycles. The molecule has 446 valence electrons. The summed E-state index contributed by atoms with van der Waals surface area (Å²) in [4.78, 5) is 136. The average Bonchev–Trinajstić information content (AvgIpc) is 4.07. The van der Waals surface area contributed by atoms with Crippen molar-refractivity contribution in [2.45, 2.75) is 142 Å². The molecule has 2 aliphatic rings. The first-order valence-electron chi connectivity index (χ1n) is 27.8. The van der Waals surface area contributed by atoms with Crippen LogP contribution >= 0.6 is 15.9 Å². The van der Waals surface area contributed by atoms with Crippen LogP contribution in [0.4, 0.5) is 10.5 Å². The Labute approximate surface area is 484 Å². The van der Waals surface area contributed by atoms with Gasteiger partial charge in [-0.25, -0.2) is 4.79 Å². The van der Waals surface area contributed by atoms with E-state index in [2.05, 4.69) is 42.5 Å². The highest BCUT2D eigenvalue weighted by Crippen LogP contribution is 2.30. The number of benzene rings is 2. The van der Waals surface area contributed by atoms with Crippen LogP contribution in [0.1, 0.15) is 104 Å². The fraction of sp³-hybridized carbons (Fsp3) is 0.586. The lowest BCUT2D eigenvalue weighted by atomic mass is 9.90. The molecule has 2 aromatic rings. The zero-order valence-electron chi connectivity index (χ0n) is 48.6. The molecule has 0 aromatic heterocycles. The number of nitrogens with zero attached hydrogens (tertiary/aromatic N) is 4. The molecule has 5 N–H and O–H groups in total. The van der Waals surface area contributed by atoms with Gasteiger partial charge < -0.3 is 50.6 Å². The quantitative estimate of drug-likeness (QED) is 0.0502. The van der Waals surface area contributed by atoms with Gasteiger partial charge in [-0.05, 0) is 90.1 Å². The molecule has 0 aliphatic carbocycles. The normalized spacial score (nSPS) is 16.7. The van der Waals surface area contributed by atoms with Gasteiger partial charge in [-0.3, -0.25) is 53.0 Å². The van der Waals surface area contributed by atoms with E-state index in [-0.39, 0.29) is 84.4 Å². The van der Waals surface area contributed by atoms with Gasteiger partial charge in [0.25, 0.3) is 11.8 Å². The zero-order chi connectivity index (χ0) is 59.9. The molecule has 22 nitrogen and oxygen atoms in total.